The summed E-state index contributed by atoms with van der Waals surface area (Å²) in [4.78, 5) is 47.5. The van der Waals surface area contributed by atoms with E-state index < -0.39 is 11.6 Å². The molecule has 5 N–H and O–H groups in total. The number of aliphatic hydroxyl groups is 1. The Kier molecular flexibility index (Phi) is 13.9. The molecule has 3 aromatic carbocycles. The van der Waals surface area contributed by atoms with Gasteiger partial charge in [-0.05, 0) is 73.1 Å². The third kappa shape index (κ3) is 10.6. The predicted octanol–water partition coefficient (Wildman–Crippen LogP) is 6.19. The van der Waals surface area contributed by atoms with Crippen LogP contribution in [0.2, 0.25) is 0 Å². The largest absolute Gasteiger partial charge is 0.494 e. The maximum atomic E-state index is 12.3. The zero-order valence-corrected chi connectivity index (χ0v) is 29.8. The van der Waals surface area contributed by atoms with Gasteiger partial charge in [0.2, 0.25) is 5.91 Å². The van der Waals surface area contributed by atoms with Crippen LogP contribution in [0.25, 0.3) is 0 Å². The van der Waals surface area contributed by atoms with Crippen LogP contribution in [0, 0.1) is 0 Å². The summed E-state index contributed by atoms with van der Waals surface area (Å²) in [6.45, 7) is 0.869. The molecule has 11 heteroatoms. The fourth-order valence-corrected chi connectivity index (χ4v) is 8.36. The van der Waals surface area contributed by atoms with E-state index in [-0.39, 0.29) is 29.6 Å². The molecule has 2 aliphatic rings. The van der Waals surface area contributed by atoms with Crippen LogP contribution in [-0.2, 0) is 15.2 Å². The molecule has 0 radical (unpaired) electrons. The van der Waals surface area contributed by atoms with Crippen molar-refractivity contribution in [1.29, 1.82) is 0 Å². The molecule has 4 atom stereocenters. The van der Waals surface area contributed by atoms with Crippen LogP contribution in [-0.4, -0.2) is 70.1 Å². The average molecular weight is 716 g/mol. The number of benzene rings is 3. The standard InChI is InChI=1S/C40H49N3O7S/c44-32(16-8-9-18-35-37-34(27-51-35)42-39(48)43-37)15-6-1-2-7-19-36(45)41-24-11-25-50-33-17-10-14-31(26-33)40(49,29-12-4-3-5-13-29)30-22-20-28(21-23-30)38(46)47/h3-5,10,12-14,17,20-23,26,34-35,37,49H,1-2,6-9,11,15-16,18-19,24-25,27H2,(H,41,45)(H,46,47)(H2,42,43,48)/t34?,35-,37?,40?/m1/s1. The smallest absolute Gasteiger partial charge is 0.335 e. The molecule has 2 heterocycles. The average Bonchev–Trinajstić information content (AvgIpc) is 3.70. The predicted molar refractivity (Wildman–Crippen MR) is 198 cm³/mol. The summed E-state index contributed by atoms with van der Waals surface area (Å²) in [6.07, 6.45) is 8.73. The van der Waals surface area contributed by atoms with Gasteiger partial charge in [0.15, 0.2) is 0 Å². The number of ketones is 1. The molecule has 2 aliphatic heterocycles. The quantitative estimate of drug-likeness (QED) is 0.0497. The van der Waals surface area contributed by atoms with Crippen LogP contribution in [0.15, 0.2) is 78.9 Å². The molecule has 3 aromatic rings. The van der Waals surface area contributed by atoms with E-state index in [1.165, 1.54) is 12.1 Å². The monoisotopic (exact) mass is 715 g/mol. The van der Waals surface area contributed by atoms with Gasteiger partial charge < -0.3 is 30.9 Å². The van der Waals surface area contributed by atoms with E-state index in [2.05, 4.69) is 16.0 Å². The van der Waals surface area contributed by atoms with Crippen molar-refractivity contribution in [2.24, 2.45) is 0 Å². The number of carbonyl (C=O) groups excluding carboxylic acids is 3. The normalized spacial score (nSPS) is 19.0. The van der Waals surface area contributed by atoms with Crippen molar-refractivity contribution < 1.29 is 34.1 Å². The van der Waals surface area contributed by atoms with Crippen molar-refractivity contribution >= 4 is 35.5 Å². The Balaban J connectivity index is 0.936. The van der Waals surface area contributed by atoms with Crippen LogP contribution in [0.5, 0.6) is 5.75 Å². The second-order valence-electron chi connectivity index (χ2n) is 13.4. The highest BCUT2D eigenvalue weighted by Gasteiger charge is 2.42. The minimum atomic E-state index is -1.53. The third-order valence-electron chi connectivity index (χ3n) is 9.65. The van der Waals surface area contributed by atoms with Gasteiger partial charge in [-0.2, -0.15) is 11.8 Å². The first-order valence-electron chi connectivity index (χ1n) is 18.1. The zero-order valence-electron chi connectivity index (χ0n) is 29.0. The lowest BCUT2D eigenvalue weighted by Crippen LogP contribution is -2.36. The number of carboxylic acids is 1. The topological polar surface area (TPSA) is 154 Å². The SMILES string of the molecule is O=C(CCCCCCC(=O)NCCCOc1cccc(C(O)(c2ccccc2)c2ccc(C(=O)O)cc2)c1)CCCC[C@H]1SCC2NC(=O)NC21. The lowest BCUT2D eigenvalue weighted by atomic mass is 9.80. The Hall–Kier alpha value is -4.35. The first-order chi connectivity index (χ1) is 24.7. The molecule has 272 valence electrons. The second-order valence-corrected chi connectivity index (χ2v) is 14.6. The number of hydrogen-bond acceptors (Lipinski definition) is 7. The Morgan fingerprint density at radius 2 is 1.49 bits per heavy atom. The number of ether oxygens (including phenoxy) is 1. The Bertz CT molecular complexity index is 1620. The number of amides is 3. The van der Waals surface area contributed by atoms with E-state index in [4.69, 9.17) is 4.74 Å². The summed E-state index contributed by atoms with van der Waals surface area (Å²) in [6, 6.07) is 23.1. The van der Waals surface area contributed by atoms with Crippen LogP contribution in [0.1, 0.15) is 97.7 Å². The number of unbranched alkanes of at least 4 members (excludes halogenated alkanes) is 4. The van der Waals surface area contributed by atoms with E-state index in [0.29, 0.717) is 72.3 Å². The number of aromatic carboxylic acids is 1. The highest BCUT2D eigenvalue weighted by molar-refractivity contribution is 8.00. The van der Waals surface area contributed by atoms with Crippen molar-refractivity contribution in [3.63, 3.8) is 0 Å². The minimum Gasteiger partial charge on any atom is -0.494 e. The van der Waals surface area contributed by atoms with Crippen molar-refractivity contribution in [2.75, 3.05) is 18.9 Å². The van der Waals surface area contributed by atoms with Crippen LogP contribution in [0.3, 0.4) is 0 Å². The molecule has 2 fully saturated rings. The fourth-order valence-electron chi connectivity index (χ4n) is 6.82. The lowest BCUT2D eigenvalue weighted by Gasteiger charge is -2.30. The van der Waals surface area contributed by atoms with Gasteiger partial charge in [0.05, 0.1) is 24.3 Å². The van der Waals surface area contributed by atoms with E-state index in [1.54, 1.807) is 18.2 Å². The van der Waals surface area contributed by atoms with Crippen molar-refractivity contribution in [3.8, 4) is 5.75 Å². The summed E-state index contributed by atoms with van der Waals surface area (Å²) >= 11 is 1.91. The molecule has 5 rings (SSSR count). The Morgan fingerprint density at radius 3 is 2.24 bits per heavy atom. The molecule has 0 saturated carbocycles. The van der Waals surface area contributed by atoms with Crippen molar-refractivity contribution in [1.82, 2.24) is 16.0 Å². The maximum Gasteiger partial charge on any atom is 0.335 e. The fraction of sp³-hybridized carbons (Fsp3) is 0.450. The van der Waals surface area contributed by atoms with Crippen LogP contribution >= 0.6 is 11.8 Å². The molecule has 0 aliphatic carbocycles. The van der Waals surface area contributed by atoms with E-state index in [9.17, 15) is 29.4 Å². The number of nitrogens with one attached hydrogen (secondary N) is 3. The van der Waals surface area contributed by atoms with Crippen LogP contribution in [0.4, 0.5) is 4.79 Å². The first kappa shape index (κ1) is 37.9. The number of carbonyl (C=O) groups is 4. The zero-order chi connectivity index (χ0) is 36.1. The molecule has 0 aromatic heterocycles. The highest BCUT2D eigenvalue weighted by atomic mass is 32.2. The van der Waals surface area contributed by atoms with Crippen molar-refractivity contribution in [2.45, 2.75) is 93.6 Å². The number of hydrogen-bond donors (Lipinski definition) is 5. The number of carboxylic acid groups (broad SMARTS) is 1. The van der Waals surface area contributed by atoms with Gasteiger partial charge in [-0.15, -0.1) is 0 Å². The van der Waals surface area contributed by atoms with Gasteiger partial charge in [0.25, 0.3) is 0 Å². The third-order valence-corrected chi connectivity index (χ3v) is 11.2. The first-order valence-corrected chi connectivity index (χ1v) is 19.1. The van der Waals surface area contributed by atoms with Gasteiger partial charge in [-0.3, -0.25) is 9.59 Å². The Labute approximate surface area is 304 Å². The van der Waals surface area contributed by atoms with E-state index in [0.717, 1.165) is 50.7 Å². The lowest BCUT2D eigenvalue weighted by molar-refractivity contribution is -0.121. The maximum absolute atomic E-state index is 12.3. The number of fused-ring (bicyclic) bond motifs is 1. The summed E-state index contributed by atoms with van der Waals surface area (Å²) in [5.74, 6) is 0.825. The second kappa shape index (κ2) is 18.8. The molecule has 2 saturated heterocycles. The van der Waals surface area contributed by atoms with E-state index in [1.807, 2.05) is 60.3 Å². The molecule has 0 bridgehead atoms. The molecule has 0 spiro atoms. The summed E-state index contributed by atoms with van der Waals surface area (Å²) in [5.41, 5.74) is 0.361. The summed E-state index contributed by atoms with van der Waals surface area (Å²) < 4.78 is 5.98. The van der Waals surface area contributed by atoms with Gasteiger partial charge in [0, 0.05) is 36.8 Å². The molecule has 3 unspecified atom stereocenters. The van der Waals surface area contributed by atoms with Gasteiger partial charge >= 0.3 is 12.0 Å². The summed E-state index contributed by atoms with van der Waals surface area (Å²) in [7, 11) is 0. The van der Waals surface area contributed by atoms with Crippen molar-refractivity contribution in [3.05, 3.63) is 101 Å². The number of thioether (sulfide) groups is 1. The minimum absolute atomic E-state index is 0.00890. The van der Waals surface area contributed by atoms with Gasteiger partial charge in [-0.1, -0.05) is 73.9 Å². The Morgan fingerprint density at radius 1 is 0.804 bits per heavy atom. The summed E-state index contributed by atoms with van der Waals surface area (Å²) in [5, 5.41) is 30.8. The molecule has 51 heavy (non-hydrogen) atoms. The number of urea groups is 1. The van der Waals surface area contributed by atoms with E-state index >= 15 is 0 Å². The number of rotatable bonds is 21. The molecule has 10 nitrogen and oxygen atoms in total. The van der Waals surface area contributed by atoms with Gasteiger partial charge in [-0.25, -0.2) is 9.59 Å². The highest BCUT2D eigenvalue weighted by Crippen LogP contribution is 2.38. The van der Waals surface area contributed by atoms with Crippen LogP contribution < -0.4 is 20.7 Å². The van der Waals surface area contributed by atoms with Gasteiger partial charge in [0.1, 0.15) is 17.1 Å². The number of Topliss-reactive ketones (excluding diaryl/α,β-unsaturated/α-hetero) is 1. The molecular weight excluding hydrogens is 667 g/mol. The molecule has 3 amide bonds. The molecular formula is C40H49N3O7S.